The lowest BCUT2D eigenvalue weighted by Crippen LogP contribution is -2.19. The summed E-state index contributed by atoms with van der Waals surface area (Å²) in [7, 11) is 0. The molecule has 0 atom stereocenters. The fraction of sp³-hybridized carbons (Fsp3) is 0.800. The fourth-order valence-electron chi connectivity index (χ4n) is 2.67. The van der Waals surface area contributed by atoms with Gasteiger partial charge in [0.1, 0.15) is 0 Å². The monoisotopic (exact) mass is 397 g/mol. The molecule has 0 aliphatic carbocycles. The van der Waals surface area contributed by atoms with Gasteiger partial charge in [-0.1, -0.05) is 82.9 Å². The Kier molecular flexibility index (Phi) is 27.0. The largest absolute Gasteiger partial charge is 0.386 e. The van der Waals surface area contributed by atoms with Gasteiger partial charge in [-0.2, -0.15) is 0 Å². The van der Waals surface area contributed by atoms with Crippen LogP contribution < -0.4 is 11.1 Å². The molecule has 0 aromatic rings. The highest BCUT2D eigenvalue weighted by Gasteiger charge is 2.00. The number of nitrogens with one attached hydrogen (secondary N) is 1. The molecule has 1 aliphatic heterocycles. The van der Waals surface area contributed by atoms with E-state index in [4.69, 9.17) is 5.73 Å². The van der Waals surface area contributed by atoms with Crippen LogP contribution in [-0.4, -0.2) is 12.8 Å². The summed E-state index contributed by atoms with van der Waals surface area (Å²) in [5.74, 6) is 3.85. The number of aliphatic imine (C=N–C) groups is 1. The van der Waals surface area contributed by atoms with Gasteiger partial charge in [-0.15, -0.1) is 0 Å². The van der Waals surface area contributed by atoms with Gasteiger partial charge in [0.25, 0.3) is 0 Å². The second kappa shape index (κ2) is 22.0. The minimum Gasteiger partial charge on any atom is -0.386 e. The molecule has 0 amide bonds. The summed E-state index contributed by atoms with van der Waals surface area (Å²) >= 11 is 0. The Balaban J connectivity index is -0.000000151. The lowest BCUT2D eigenvalue weighted by Gasteiger charge is -2.05. The van der Waals surface area contributed by atoms with Crippen molar-refractivity contribution in [2.75, 3.05) is 6.54 Å². The maximum atomic E-state index is 5.30. The molecular formula is C25H55N3. The Morgan fingerprint density at radius 1 is 1.00 bits per heavy atom. The van der Waals surface area contributed by atoms with Gasteiger partial charge in [-0.05, 0) is 49.4 Å². The predicted octanol–water partition coefficient (Wildman–Crippen LogP) is 7.79. The average molecular weight is 398 g/mol. The van der Waals surface area contributed by atoms with E-state index in [2.05, 4.69) is 78.4 Å². The molecule has 0 fully saturated rings. The molecule has 3 nitrogen and oxygen atoms in total. The van der Waals surface area contributed by atoms with Gasteiger partial charge in [0.05, 0.1) is 5.82 Å². The SMILES string of the molecule is C.C.C=C(N)NCCCC(C)C.CC(C)CC(C)C.CC(C)CC1=CCC=N1. The van der Waals surface area contributed by atoms with Gasteiger partial charge in [-0.25, -0.2) is 0 Å². The normalized spacial score (nSPS) is 11.8. The highest BCUT2D eigenvalue weighted by Crippen LogP contribution is 2.15. The minimum absolute atomic E-state index is 0. The molecule has 0 unspecified atom stereocenters. The van der Waals surface area contributed by atoms with Crippen molar-refractivity contribution in [2.45, 2.75) is 102 Å². The van der Waals surface area contributed by atoms with Crippen molar-refractivity contribution in [1.29, 1.82) is 0 Å². The molecule has 170 valence electrons. The van der Waals surface area contributed by atoms with Crippen molar-refractivity contribution < 1.29 is 0 Å². The van der Waals surface area contributed by atoms with Crippen LogP contribution in [0, 0.1) is 23.7 Å². The fourth-order valence-corrected chi connectivity index (χ4v) is 2.67. The van der Waals surface area contributed by atoms with Crippen LogP contribution in [-0.2, 0) is 0 Å². The molecule has 3 heteroatoms. The van der Waals surface area contributed by atoms with Gasteiger partial charge in [-0.3, -0.25) is 4.99 Å². The molecule has 0 aromatic carbocycles. The van der Waals surface area contributed by atoms with Gasteiger partial charge >= 0.3 is 0 Å². The molecule has 0 radical (unpaired) electrons. The maximum Gasteiger partial charge on any atom is 0.0885 e. The van der Waals surface area contributed by atoms with E-state index in [1.165, 1.54) is 25.0 Å². The van der Waals surface area contributed by atoms with Gasteiger partial charge < -0.3 is 11.1 Å². The Labute approximate surface area is 179 Å². The van der Waals surface area contributed by atoms with E-state index in [0.29, 0.717) is 5.82 Å². The number of rotatable bonds is 9. The summed E-state index contributed by atoms with van der Waals surface area (Å²) in [5.41, 5.74) is 6.57. The third-order valence-electron chi connectivity index (χ3n) is 3.59. The Bertz CT molecular complexity index is 385. The molecule has 0 aromatic heterocycles. The Morgan fingerprint density at radius 3 is 1.82 bits per heavy atom. The van der Waals surface area contributed by atoms with Crippen LogP contribution in [0.5, 0.6) is 0 Å². The highest BCUT2D eigenvalue weighted by molar-refractivity contribution is 5.64. The van der Waals surface area contributed by atoms with E-state index in [1.54, 1.807) is 0 Å². The molecule has 1 aliphatic rings. The molecule has 1 rings (SSSR count). The summed E-state index contributed by atoms with van der Waals surface area (Å²) < 4.78 is 0. The maximum absolute atomic E-state index is 5.30. The predicted molar refractivity (Wildman–Crippen MR) is 134 cm³/mol. The first-order valence-corrected chi connectivity index (χ1v) is 10.4. The first-order valence-electron chi connectivity index (χ1n) is 10.4. The van der Waals surface area contributed by atoms with E-state index in [-0.39, 0.29) is 14.9 Å². The number of hydrogen-bond acceptors (Lipinski definition) is 3. The smallest absolute Gasteiger partial charge is 0.0885 e. The zero-order valence-electron chi connectivity index (χ0n) is 18.9. The summed E-state index contributed by atoms with van der Waals surface area (Å²) in [6, 6.07) is 0. The van der Waals surface area contributed by atoms with Crippen molar-refractivity contribution >= 4 is 6.21 Å². The molecule has 0 spiro atoms. The van der Waals surface area contributed by atoms with Crippen molar-refractivity contribution in [3.63, 3.8) is 0 Å². The zero-order chi connectivity index (χ0) is 20.5. The standard InChI is InChI=1S/C8H18N2.C8H13N.C7H16.2CH4/c1-7(2)5-4-6-10-8(3)9;1-7(2)6-8-4-3-5-9-8;1-6(2)5-7(3)4;;/h7,10H,3-6,9H2,1-2H3;4-5,7H,3,6H2,1-2H3;6-7H,5H2,1-4H3;2*1H4. The summed E-state index contributed by atoms with van der Waals surface area (Å²) in [6.45, 7) is 22.4. The molecule has 0 saturated carbocycles. The zero-order valence-corrected chi connectivity index (χ0v) is 18.9. The lowest BCUT2D eigenvalue weighted by atomic mass is 10.0. The summed E-state index contributed by atoms with van der Waals surface area (Å²) in [6.07, 6.45) is 10.1. The van der Waals surface area contributed by atoms with Crippen LogP contribution in [0.2, 0.25) is 0 Å². The minimum atomic E-state index is 0. The molecule has 0 bridgehead atoms. The molecule has 3 N–H and O–H groups in total. The van der Waals surface area contributed by atoms with E-state index >= 15 is 0 Å². The second-order valence-electron chi connectivity index (χ2n) is 8.85. The van der Waals surface area contributed by atoms with Crippen molar-refractivity contribution in [3.05, 3.63) is 24.2 Å². The van der Waals surface area contributed by atoms with E-state index in [9.17, 15) is 0 Å². The second-order valence-corrected chi connectivity index (χ2v) is 8.85. The van der Waals surface area contributed by atoms with Crippen molar-refractivity contribution in [2.24, 2.45) is 34.4 Å². The van der Waals surface area contributed by atoms with Crippen LogP contribution in [0.4, 0.5) is 0 Å². The molecular weight excluding hydrogens is 342 g/mol. The third kappa shape index (κ3) is 32.4. The summed E-state index contributed by atoms with van der Waals surface area (Å²) in [4.78, 5) is 4.21. The Hall–Kier alpha value is -1.25. The average Bonchev–Trinajstić information content (AvgIpc) is 2.95. The van der Waals surface area contributed by atoms with Gasteiger partial charge in [0, 0.05) is 24.9 Å². The quantitative estimate of drug-likeness (QED) is 0.390. The topological polar surface area (TPSA) is 50.4 Å². The van der Waals surface area contributed by atoms with E-state index in [0.717, 1.165) is 43.1 Å². The number of allylic oxidation sites excluding steroid dienone is 2. The van der Waals surface area contributed by atoms with E-state index < -0.39 is 0 Å². The number of nitrogens with two attached hydrogens (primary N) is 1. The number of hydrogen-bond donors (Lipinski definition) is 2. The lowest BCUT2D eigenvalue weighted by molar-refractivity contribution is 0.469. The van der Waals surface area contributed by atoms with Crippen LogP contribution in [0.15, 0.2) is 29.2 Å². The molecule has 28 heavy (non-hydrogen) atoms. The van der Waals surface area contributed by atoms with Gasteiger partial charge in [0.15, 0.2) is 0 Å². The van der Waals surface area contributed by atoms with Crippen LogP contribution >= 0.6 is 0 Å². The van der Waals surface area contributed by atoms with Crippen molar-refractivity contribution in [1.82, 2.24) is 5.32 Å². The van der Waals surface area contributed by atoms with Crippen LogP contribution in [0.25, 0.3) is 0 Å². The third-order valence-corrected chi connectivity index (χ3v) is 3.59. The van der Waals surface area contributed by atoms with Crippen LogP contribution in [0.3, 0.4) is 0 Å². The molecule has 0 saturated heterocycles. The molecule has 1 heterocycles. The first kappa shape index (κ1) is 34.3. The van der Waals surface area contributed by atoms with E-state index in [1.807, 2.05) is 6.21 Å². The van der Waals surface area contributed by atoms with Crippen LogP contribution in [0.1, 0.15) is 102 Å². The van der Waals surface area contributed by atoms with Crippen molar-refractivity contribution in [3.8, 4) is 0 Å². The van der Waals surface area contributed by atoms with Gasteiger partial charge in [0.2, 0.25) is 0 Å². The summed E-state index contributed by atoms with van der Waals surface area (Å²) in [5, 5.41) is 2.98. The first-order chi connectivity index (χ1) is 12.0. The number of nitrogens with zero attached hydrogens (tertiary/aromatic N) is 1. The Morgan fingerprint density at radius 2 is 1.54 bits per heavy atom. The highest BCUT2D eigenvalue weighted by atomic mass is 15.0.